The van der Waals surface area contributed by atoms with Gasteiger partial charge >= 0.3 is 0 Å². The number of pyridine rings is 2. The van der Waals surface area contributed by atoms with Crippen LogP contribution in [0.25, 0.3) is 10.8 Å². The lowest BCUT2D eigenvalue weighted by Crippen LogP contribution is -2.28. The van der Waals surface area contributed by atoms with Crippen molar-refractivity contribution in [2.45, 2.75) is 45.6 Å². The van der Waals surface area contributed by atoms with Crippen LogP contribution in [0, 0.1) is 5.92 Å². The number of hydrogen-bond donors (Lipinski definition) is 2. The molecule has 3 rings (SSSR count). The first-order valence-electron chi connectivity index (χ1n) is 8.24. The molecule has 2 aromatic rings. The summed E-state index contributed by atoms with van der Waals surface area (Å²) >= 11 is 5.93. The summed E-state index contributed by atoms with van der Waals surface area (Å²) in [6.07, 6.45) is 7.85. The molecule has 1 fully saturated rings. The van der Waals surface area contributed by atoms with Crippen molar-refractivity contribution in [2.75, 3.05) is 5.32 Å². The monoisotopic (exact) mass is 332 g/mol. The van der Waals surface area contributed by atoms with E-state index >= 15 is 0 Å². The van der Waals surface area contributed by atoms with Gasteiger partial charge in [-0.2, -0.15) is 0 Å². The van der Waals surface area contributed by atoms with Gasteiger partial charge in [0.25, 0.3) is 0 Å². The highest BCUT2D eigenvalue weighted by molar-refractivity contribution is 6.30. The molecule has 3 N–H and O–H groups in total. The normalized spacial score (nSPS) is 20.5. The summed E-state index contributed by atoms with van der Waals surface area (Å²) in [7, 11) is 0. The van der Waals surface area contributed by atoms with Crippen LogP contribution in [-0.4, -0.2) is 16.0 Å². The summed E-state index contributed by atoms with van der Waals surface area (Å²) in [5.41, 5.74) is 6.97. The van der Waals surface area contributed by atoms with Gasteiger partial charge in [0.15, 0.2) is 0 Å². The van der Waals surface area contributed by atoms with Gasteiger partial charge in [-0.25, -0.2) is 9.97 Å². The predicted octanol–water partition coefficient (Wildman–Crippen LogP) is 4.75. The molecule has 0 aliphatic heterocycles. The Morgan fingerprint density at radius 3 is 2.48 bits per heavy atom. The number of fused-ring (bicyclic) bond motifs is 1. The number of nitrogens with one attached hydrogen (secondary N) is 1. The summed E-state index contributed by atoms with van der Waals surface area (Å²) in [5, 5.41) is 5.80. The van der Waals surface area contributed by atoms with Crippen molar-refractivity contribution in [3.05, 3.63) is 42.0 Å². The van der Waals surface area contributed by atoms with Crippen LogP contribution < -0.4 is 11.1 Å². The lowest BCUT2D eigenvalue weighted by Gasteiger charge is -2.28. The van der Waals surface area contributed by atoms with E-state index in [2.05, 4.69) is 21.9 Å². The second kappa shape index (κ2) is 8.27. The molecule has 124 valence electrons. The summed E-state index contributed by atoms with van der Waals surface area (Å²) in [6.45, 7) is 8.17. The van der Waals surface area contributed by atoms with Crippen molar-refractivity contribution in [1.82, 2.24) is 9.97 Å². The van der Waals surface area contributed by atoms with E-state index < -0.39 is 0 Å². The van der Waals surface area contributed by atoms with Gasteiger partial charge in [-0.15, -0.1) is 0 Å². The maximum Gasteiger partial charge on any atom is 0.130 e. The summed E-state index contributed by atoms with van der Waals surface area (Å²) in [5.74, 6) is 1.27. The molecular weight excluding hydrogens is 308 g/mol. The number of halogens is 1. The fourth-order valence-electron chi connectivity index (χ4n) is 2.81. The molecule has 0 aromatic carbocycles. The fraction of sp³-hybridized carbons (Fsp3) is 0.444. The van der Waals surface area contributed by atoms with E-state index in [1.165, 1.54) is 0 Å². The standard InChI is InChI=1S/C16H19ClN4.C2H6/c1-10(11-2-4-14(18)5-3-11)21-16-7-12-6-15(17)19-8-13(12)9-20-16;1-2/h6-9,11,14H,1-5,18H2,(H,20,21);1-2H3. The summed E-state index contributed by atoms with van der Waals surface area (Å²) < 4.78 is 0. The minimum atomic E-state index is 0.350. The minimum Gasteiger partial charge on any atom is -0.344 e. The second-order valence-electron chi connectivity index (χ2n) is 5.69. The third kappa shape index (κ3) is 4.66. The average Bonchev–Trinajstić information content (AvgIpc) is 2.57. The maximum absolute atomic E-state index is 5.95. The predicted molar refractivity (Wildman–Crippen MR) is 98.6 cm³/mol. The Morgan fingerprint density at radius 1 is 1.13 bits per heavy atom. The number of nitrogens with zero attached hydrogens (tertiary/aromatic N) is 2. The first-order valence-corrected chi connectivity index (χ1v) is 8.62. The van der Waals surface area contributed by atoms with Gasteiger partial charge in [0.2, 0.25) is 0 Å². The Bertz CT molecular complexity index is 663. The van der Waals surface area contributed by atoms with Gasteiger partial charge < -0.3 is 11.1 Å². The molecule has 5 heteroatoms. The largest absolute Gasteiger partial charge is 0.344 e. The van der Waals surface area contributed by atoms with E-state index in [0.29, 0.717) is 17.1 Å². The van der Waals surface area contributed by atoms with Crippen LogP contribution in [0.15, 0.2) is 36.8 Å². The van der Waals surface area contributed by atoms with Crippen molar-refractivity contribution >= 4 is 28.2 Å². The lowest BCUT2D eigenvalue weighted by molar-refractivity contribution is 0.364. The summed E-state index contributed by atoms with van der Waals surface area (Å²) in [4.78, 5) is 8.46. The number of allylic oxidation sites excluding steroid dienone is 1. The van der Waals surface area contributed by atoms with Gasteiger partial charge in [-0.1, -0.05) is 32.0 Å². The van der Waals surface area contributed by atoms with Crippen molar-refractivity contribution in [3.63, 3.8) is 0 Å². The molecular formula is C18H25ClN4. The SMILES string of the molecule is C=C(Nc1cc2cc(Cl)ncc2cn1)C1CCC(N)CC1.CC. The molecule has 1 aliphatic rings. The Hall–Kier alpha value is -1.65. The van der Waals surface area contributed by atoms with Gasteiger partial charge in [-0.05, 0) is 49.1 Å². The molecule has 4 nitrogen and oxygen atoms in total. The van der Waals surface area contributed by atoms with E-state index in [9.17, 15) is 0 Å². The van der Waals surface area contributed by atoms with Crippen molar-refractivity contribution in [1.29, 1.82) is 0 Å². The second-order valence-corrected chi connectivity index (χ2v) is 6.07. The minimum absolute atomic E-state index is 0.350. The highest BCUT2D eigenvalue weighted by atomic mass is 35.5. The van der Waals surface area contributed by atoms with E-state index in [-0.39, 0.29) is 0 Å². The van der Waals surface area contributed by atoms with E-state index in [4.69, 9.17) is 17.3 Å². The first kappa shape index (κ1) is 17.7. The lowest BCUT2D eigenvalue weighted by atomic mass is 9.85. The molecule has 2 heterocycles. The molecule has 0 saturated heterocycles. The molecule has 0 amide bonds. The van der Waals surface area contributed by atoms with Crippen molar-refractivity contribution < 1.29 is 0 Å². The highest BCUT2D eigenvalue weighted by Crippen LogP contribution is 2.29. The number of aromatic nitrogens is 2. The van der Waals surface area contributed by atoms with Crippen LogP contribution in [0.5, 0.6) is 0 Å². The Balaban J connectivity index is 0.000000924. The van der Waals surface area contributed by atoms with Crippen LogP contribution in [0.1, 0.15) is 39.5 Å². The van der Waals surface area contributed by atoms with Gasteiger partial charge in [0.05, 0.1) is 0 Å². The Morgan fingerprint density at radius 2 is 1.78 bits per heavy atom. The fourth-order valence-corrected chi connectivity index (χ4v) is 2.98. The van der Waals surface area contributed by atoms with Crippen LogP contribution in [0.2, 0.25) is 5.15 Å². The van der Waals surface area contributed by atoms with Gasteiger partial charge in [0.1, 0.15) is 11.0 Å². The third-order valence-corrected chi connectivity index (χ3v) is 4.33. The molecule has 23 heavy (non-hydrogen) atoms. The Labute approximate surface area is 143 Å². The molecule has 0 unspecified atom stereocenters. The van der Waals surface area contributed by atoms with Crippen LogP contribution in [-0.2, 0) is 0 Å². The van der Waals surface area contributed by atoms with Crippen LogP contribution in [0.4, 0.5) is 5.82 Å². The highest BCUT2D eigenvalue weighted by Gasteiger charge is 2.21. The van der Waals surface area contributed by atoms with Crippen molar-refractivity contribution in [3.8, 4) is 0 Å². The summed E-state index contributed by atoms with van der Waals surface area (Å²) in [6, 6.07) is 4.16. The van der Waals surface area contributed by atoms with E-state index in [0.717, 1.165) is 48.0 Å². The maximum atomic E-state index is 5.95. The quantitative estimate of drug-likeness (QED) is 0.796. The van der Waals surface area contributed by atoms with E-state index in [1.54, 1.807) is 12.4 Å². The number of anilines is 1. The van der Waals surface area contributed by atoms with Gasteiger partial charge in [0, 0.05) is 29.5 Å². The molecule has 0 spiro atoms. The zero-order valence-corrected chi connectivity index (χ0v) is 14.6. The van der Waals surface area contributed by atoms with Crippen LogP contribution >= 0.6 is 11.6 Å². The third-order valence-electron chi connectivity index (χ3n) is 4.12. The van der Waals surface area contributed by atoms with Crippen LogP contribution in [0.3, 0.4) is 0 Å². The molecule has 0 bridgehead atoms. The first-order chi connectivity index (χ1) is 11.1. The average molecular weight is 333 g/mol. The smallest absolute Gasteiger partial charge is 0.130 e. The van der Waals surface area contributed by atoms with E-state index in [1.807, 2.05) is 26.0 Å². The molecule has 1 aliphatic carbocycles. The molecule has 0 radical (unpaired) electrons. The van der Waals surface area contributed by atoms with Crippen molar-refractivity contribution in [2.24, 2.45) is 11.7 Å². The zero-order chi connectivity index (χ0) is 16.8. The molecule has 1 saturated carbocycles. The van der Waals surface area contributed by atoms with Gasteiger partial charge in [-0.3, -0.25) is 0 Å². The number of nitrogens with two attached hydrogens (primary N) is 1. The number of hydrogen-bond acceptors (Lipinski definition) is 4. The number of rotatable bonds is 3. The molecule has 0 atom stereocenters. The molecule has 2 aromatic heterocycles. The Kier molecular flexibility index (Phi) is 6.37. The topological polar surface area (TPSA) is 63.8 Å². The zero-order valence-electron chi connectivity index (χ0n) is 13.8.